The van der Waals surface area contributed by atoms with Gasteiger partial charge in [0.05, 0.1) is 5.69 Å². The monoisotopic (exact) mass is 647 g/mol. The summed E-state index contributed by atoms with van der Waals surface area (Å²) in [6.07, 6.45) is 17.8. The van der Waals surface area contributed by atoms with E-state index < -0.39 is 0 Å². The Labute approximate surface area is 270 Å². The number of hydrogen-bond acceptors (Lipinski definition) is 4. The molecule has 0 amide bonds. The average molecular weight is 648 g/mol. The first-order valence-corrected chi connectivity index (χ1v) is 19.1. The third kappa shape index (κ3) is 16.4. The number of H-pyrrole nitrogens is 1. The van der Waals surface area contributed by atoms with Gasteiger partial charge < -0.3 is 4.98 Å². The van der Waals surface area contributed by atoms with Crippen molar-refractivity contribution >= 4 is 49.4 Å². The lowest BCUT2D eigenvalue weighted by atomic mass is 10.2. The number of aromatic nitrogens is 1. The molecule has 3 unspecified atom stereocenters. The molecule has 44 heavy (non-hydrogen) atoms. The number of rotatable bonds is 18. The van der Waals surface area contributed by atoms with Crippen LogP contribution in [-0.2, 0) is 0 Å². The number of unbranched alkanes of at least 4 members (excludes halogenated alkanes) is 6. The fourth-order valence-electron chi connectivity index (χ4n) is 4.58. The molecular formula is C36H52N5P3. The number of aliphatic imine (C=N–C) groups is 4. The number of hydrogen-bond donors (Lipinski definition) is 1. The van der Waals surface area contributed by atoms with E-state index in [1.165, 1.54) is 82.4 Å². The first-order chi connectivity index (χ1) is 21.5. The summed E-state index contributed by atoms with van der Waals surface area (Å²) in [6.45, 7) is 12.4. The minimum atomic E-state index is 0.829. The van der Waals surface area contributed by atoms with Crippen LogP contribution in [0, 0.1) is 27.7 Å². The average Bonchev–Trinajstić information content (AvgIpc) is 3.81. The molecule has 0 fully saturated rings. The van der Waals surface area contributed by atoms with E-state index in [4.69, 9.17) is 0 Å². The van der Waals surface area contributed by atoms with Gasteiger partial charge in [-0.25, -0.2) is 0 Å². The summed E-state index contributed by atoms with van der Waals surface area (Å²) in [5, 5.41) is 8.49. The van der Waals surface area contributed by atoms with Gasteiger partial charge in [0.15, 0.2) is 0 Å². The largest absolute Gasteiger partial charge is 0.358 e. The second kappa shape index (κ2) is 21.9. The smallest absolute Gasteiger partial charge is 0.0563 e. The number of nitrogens with one attached hydrogen (secondary N) is 1. The second-order valence-corrected chi connectivity index (χ2v) is 16.2. The highest BCUT2D eigenvalue weighted by atomic mass is 31.0. The van der Waals surface area contributed by atoms with Gasteiger partial charge in [0, 0.05) is 72.6 Å². The highest BCUT2D eigenvalue weighted by molar-refractivity contribution is 7.33. The topological polar surface area (TPSA) is 65.2 Å². The lowest BCUT2D eigenvalue weighted by Gasteiger charge is -1.97. The third-order valence-electron chi connectivity index (χ3n) is 6.99. The van der Waals surface area contributed by atoms with Crippen LogP contribution in [0.2, 0.25) is 0 Å². The highest BCUT2D eigenvalue weighted by Crippen LogP contribution is 2.20. The second-order valence-electron chi connectivity index (χ2n) is 11.4. The molecule has 8 heteroatoms. The molecule has 0 saturated heterocycles. The van der Waals surface area contributed by atoms with Crippen molar-refractivity contribution in [2.75, 3.05) is 26.2 Å². The van der Waals surface area contributed by atoms with E-state index in [0.29, 0.717) is 0 Å². The van der Waals surface area contributed by atoms with Crippen LogP contribution in [0.3, 0.4) is 0 Å². The lowest BCUT2D eigenvalue weighted by molar-refractivity contribution is 0.655. The fourth-order valence-corrected chi connectivity index (χ4v) is 7.41. The molecule has 0 bridgehead atoms. The molecule has 1 N–H and O–H groups in total. The van der Waals surface area contributed by atoms with E-state index in [2.05, 4.69) is 114 Å². The van der Waals surface area contributed by atoms with Crippen LogP contribution in [0.5, 0.6) is 0 Å². The van der Waals surface area contributed by atoms with Crippen molar-refractivity contribution in [3.8, 4) is 0 Å². The van der Waals surface area contributed by atoms with Crippen LogP contribution < -0.4 is 0 Å². The van der Waals surface area contributed by atoms with E-state index in [-0.39, 0.29) is 0 Å². The zero-order valence-electron chi connectivity index (χ0n) is 27.2. The van der Waals surface area contributed by atoms with E-state index >= 15 is 0 Å². The van der Waals surface area contributed by atoms with E-state index in [0.717, 1.165) is 62.9 Å². The number of aryl methyl sites for hydroxylation is 4. The number of aromatic amines is 1. The van der Waals surface area contributed by atoms with Crippen molar-refractivity contribution in [1.82, 2.24) is 4.98 Å². The fraction of sp³-hybridized carbons (Fsp3) is 0.444. The Morgan fingerprint density at radius 1 is 0.455 bits per heavy atom. The molecule has 4 aromatic rings. The molecule has 0 spiro atoms. The van der Waals surface area contributed by atoms with Gasteiger partial charge in [0.25, 0.3) is 0 Å². The van der Waals surface area contributed by atoms with Crippen LogP contribution in [0.15, 0.2) is 68.5 Å². The Hall–Kier alpha value is -2.70. The van der Waals surface area contributed by atoms with Crippen LogP contribution in [0.25, 0.3) is 0 Å². The summed E-state index contributed by atoms with van der Waals surface area (Å²) < 4.78 is 0. The SMILES string of the molecule is Cc1ccc(C=NCCCCCCN=Cc2ccc(C)[pH]2)[nH]1.Cc1ccc(C=NCCCCCCN=Cc2ccc(C)[pH]2)[pH]1. The van der Waals surface area contributed by atoms with Gasteiger partial charge in [-0.2, -0.15) is 0 Å². The maximum Gasteiger partial charge on any atom is 0.0563 e. The Kier molecular flexibility index (Phi) is 17.8. The molecule has 0 aromatic carbocycles. The summed E-state index contributed by atoms with van der Waals surface area (Å²) in [6, 6.07) is 17.3. The van der Waals surface area contributed by atoms with Crippen LogP contribution in [0.4, 0.5) is 0 Å². The van der Waals surface area contributed by atoms with Gasteiger partial charge in [-0.1, -0.05) is 43.9 Å². The van der Waals surface area contributed by atoms with Crippen molar-refractivity contribution in [2.24, 2.45) is 20.0 Å². The predicted molar refractivity (Wildman–Crippen MR) is 204 cm³/mol. The molecule has 4 heterocycles. The van der Waals surface area contributed by atoms with Crippen molar-refractivity contribution in [2.45, 2.75) is 79.1 Å². The molecule has 0 aliphatic heterocycles. The normalized spacial score (nSPS) is 12.5. The zero-order chi connectivity index (χ0) is 31.2. The van der Waals surface area contributed by atoms with Gasteiger partial charge in [-0.05, 0) is 99.6 Å². The van der Waals surface area contributed by atoms with Crippen molar-refractivity contribution in [1.29, 1.82) is 0 Å². The Morgan fingerprint density at radius 2 is 0.818 bits per heavy atom. The predicted octanol–water partition coefficient (Wildman–Crippen LogP) is 10.2. The van der Waals surface area contributed by atoms with Crippen LogP contribution in [-0.4, -0.2) is 56.0 Å². The standard InChI is InChI=1S/C18H26N3P.C18H26N2P2/c2*1-15-7-9-17(21-15)13-19-11-5-3-4-6-12-20-14-18-10-8-16(2)22-18/h2*7-10,13-14,21-22H,3-6,11-12H2,1-2H3. The minimum Gasteiger partial charge on any atom is -0.358 e. The van der Waals surface area contributed by atoms with Crippen molar-refractivity contribution in [3.05, 3.63) is 91.7 Å². The van der Waals surface area contributed by atoms with Gasteiger partial charge in [0.1, 0.15) is 0 Å². The molecule has 4 aromatic heterocycles. The lowest BCUT2D eigenvalue weighted by Crippen LogP contribution is -1.88. The van der Waals surface area contributed by atoms with Gasteiger partial charge in [-0.15, -0.1) is 24.6 Å². The molecular weight excluding hydrogens is 595 g/mol. The van der Waals surface area contributed by atoms with E-state index in [1.54, 1.807) is 0 Å². The molecule has 5 nitrogen and oxygen atoms in total. The van der Waals surface area contributed by atoms with E-state index in [9.17, 15) is 0 Å². The van der Waals surface area contributed by atoms with Gasteiger partial charge in [-0.3, -0.25) is 20.0 Å². The maximum atomic E-state index is 4.52. The van der Waals surface area contributed by atoms with E-state index in [1.807, 2.05) is 12.4 Å². The summed E-state index contributed by atoms with van der Waals surface area (Å²) in [4.78, 5) is 21.3. The molecule has 0 aliphatic carbocycles. The van der Waals surface area contributed by atoms with Gasteiger partial charge in [0.2, 0.25) is 0 Å². The van der Waals surface area contributed by atoms with Crippen LogP contribution >= 0.6 is 24.6 Å². The molecule has 4 rings (SSSR count). The summed E-state index contributed by atoms with van der Waals surface area (Å²) in [7, 11) is 2.50. The third-order valence-corrected chi connectivity index (χ3v) is 10.4. The highest BCUT2D eigenvalue weighted by Gasteiger charge is 1.94. The maximum absolute atomic E-state index is 4.52. The zero-order valence-corrected chi connectivity index (χ0v) is 30.2. The Bertz CT molecular complexity index is 1220. The molecule has 236 valence electrons. The Morgan fingerprint density at radius 3 is 1.11 bits per heavy atom. The first-order valence-electron chi connectivity index (χ1n) is 16.1. The quantitative estimate of drug-likeness (QED) is 0.0825. The summed E-state index contributed by atoms with van der Waals surface area (Å²) >= 11 is 0. The Balaban J connectivity index is 0.000000240. The molecule has 0 saturated carbocycles. The van der Waals surface area contributed by atoms with Crippen molar-refractivity contribution in [3.63, 3.8) is 0 Å². The number of nitrogens with zero attached hydrogens (tertiary/aromatic N) is 4. The van der Waals surface area contributed by atoms with Crippen molar-refractivity contribution < 1.29 is 0 Å². The van der Waals surface area contributed by atoms with Gasteiger partial charge >= 0.3 is 0 Å². The van der Waals surface area contributed by atoms with Crippen LogP contribution in [0.1, 0.15) is 94.5 Å². The summed E-state index contributed by atoms with van der Waals surface area (Å²) in [5.74, 6) is 0. The summed E-state index contributed by atoms with van der Waals surface area (Å²) in [5.41, 5.74) is 2.28. The first kappa shape index (κ1) is 35.8. The minimum absolute atomic E-state index is 0.829. The molecule has 0 aliphatic rings. The molecule has 3 atom stereocenters. The molecule has 0 radical (unpaired) electrons.